The number of halogens is 1. The van der Waals surface area contributed by atoms with Gasteiger partial charge in [-0.2, -0.15) is 0 Å². The molecule has 0 aliphatic heterocycles. The molecule has 0 bridgehead atoms. The van der Waals surface area contributed by atoms with Crippen LogP contribution >= 0.6 is 0 Å². The van der Waals surface area contributed by atoms with Crippen LogP contribution in [0.15, 0.2) is 12.1 Å². The summed E-state index contributed by atoms with van der Waals surface area (Å²) in [6, 6.07) is 3.35. The number of aryl methyl sites for hydroxylation is 2. The third-order valence-electron chi connectivity index (χ3n) is 4.59. The molecule has 0 radical (unpaired) electrons. The molecule has 0 aliphatic rings. The molecule has 1 aromatic carbocycles. The van der Waals surface area contributed by atoms with E-state index >= 15 is 0 Å². The molecule has 0 aliphatic carbocycles. The van der Waals surface area contributed by atoms with E-state index in [9.17, 15) is 4.39 Å². The van der Waals surface area contributed by atoms with Gasteiger partial charge in [-0.3, -0.25) is 11.3 Å². The molecule has 0 spiro atoms. The Morgan fingerprint density at radius 1 is 1.25 bits per heavy atom. The van der Waals surface area contributed by atoms with Gasteiger partial charge in [0.25, 0.3) is 0 Å². The van der Waals surface area contributed by atoms with Gasteiger partial charge in [-0.05, 0) is 58.0 Å². The van der Waals surface area contributed by atoms with Crippen LogP contribution in [0.4, 0.5) is 4.39 Å². The maximum atomic E-state index is 14.5. The number of nitrogens with two attached hydrogens (primary N) is 1. The summed E-state index contributed by atoms with van der Waals surface area (Å²) in [5.41, 5.74) is 5.20. The monoisotopic (exact) mass is 281 g/mol. The van der Waals surface area contributed by atoms with Crippen LogP contribution in [-0.4, -0.2) is 24.5 Å². The molecular weight excluding hydrogens is 253 g/mol. The molecule has 1 aromatic rings. The van der Waals surface area contributed by atoms with Crippen molar-refractivity contribution in [2.45, 2.75) is 52.1 Å². The van der Waals surface area contributed by atoms with Crippen molar-refractivity contribution in [3.8, 4) is 0 Å². The van der Waals surface area contributed by atoms with Crippen LogP contribution in [0.1, 0.15) is 49.4 Å². The zero-order valence-electron chi connectivity index (χ0n) is 13.5. The van der Waals surface area contributed by atoms with Crippen LogP contribution in [0.2, 0.25) is 0 Å². The molecule has 4 heteroatoms. The number of nitrogens with one attached hydrogen (secondary N) is 1. The van der Waals surface area contributed by atoms with E-state index in [1.807, 2.05) is 34.0 Å². The topological polar surface area (TPSA) is 41.3 Å². The number of hydrogen-bond acceptors (Lipinski definition) is 3. The van der Waals surface area contributed by atoms with Crippen molar-refractivity contribution >= 4 is 0 Å². The Morgan fingerprint density at radius 3 is 2.15 bits per heavy atom. The Balaban J connectivity index is 3.46. The van der Waals surface area contributed by atoms with E-state index in [0.29, 0.717) is 5.56 Å². The Hall–Kier alpha value is -0.970. The summed E-state index contributed by atoms with van der Waals surface area (Å²) in [7, 11) is 4.05. The zero-order valence-corrected chi connectivity index (χ0v) is 13.5. The minimum absolute atomic E-state index is 0.182. The zero-order chi connectivity index (χ0) is 15.5. The lowest BCUT2D eigenvalue weighted by Crippen LogP contribution is -2.55. The van der Waals surface area contributed by atoms with Crippen LogP contribution in [0, 0.1) is 19.7 Å². The molecular formula is C16H28FN3. The Bertz CT molecular complexity index is 430. The van der Waals surface area contributed by atoms with Crippen molar-refractivity contribution < 1.29 is 4.39 Å². The van der Waals surface area contributed by atoms with Gasteiger partial charge in [-0.25, -0.2) is 4.39 Å². The highest BCUT2D eigenvalue weighted by Crippen LogP contribution is 2.38. The molecule has 0 aromatic heterocycles. The lowest BCUT2D eigenvalue weighted by atomic mass is 9.78. The first-order valence-corrected chi connectivity index (χ1v) is 7.24. The minimum Gasteiger partial charge on any atom is -0.302 e. The smallest absolute Gasteiger partial charge is 0.128 e. The van der Waals surface area contributed by atoms with E-state index in [1.165, 1.54) is 0 Å². The number of rotatable bonds is 6. The molecule has 0 fully saturated rings. The van der Waals surface area contributed by atoms with Crippen molar-refractivity contribution in [3.63, 3.8) is 0 Å². The minimum atomic E-state index is -0.243. The highest BCUT2D eigenvalue weighted by molar-refractivity contribution is 5.36. The fraction of sp³-hybridized carbons (Fsp3) is 0.625. The first kappa shape index (κ1) is 17.1. The highest BCUT2D eigenvalue weighted by Gasteiger charge is 2.40. The second kappa shape index (κ2) is 6.66. The SMILES string of the molecule is CCC(CC)(C(NN)c1c(C)cc(C)cc1F)N(C)C. The summed E-state index contributed by atoms with van der Waals surface area (Å²) in [5, 5.41) is 0. The van der Waals surface area contributed by atoms with Crippen LogP contribution < -0.4 is 11.3 Å². The standard InChI is InChI=1S/C16H28FN3/c1-7-16(8-2,20(5)6)15(19-18)14-12(4)9-11(3)10-13(14)17/h9-10,15,19H,7-8,18H2,1-6H3. The van der Waals surface area contributed by atoms with Crippen LogP contribution in [0.3, 0.4) is 0 Å². The molecule has 0 heterocycles. The van der Waals surface area contributed by atoms with E-state index in [-0.39, 0.29) is 17.4 Å². The largest absolute Gasteiger partial charge is 0.302 e. The summed E-state index contributed by atoms with van der Waals surface area (Å²) in [5.74, 6) is 5.63. The molecule has 3 N–H and O–H groups in total. The van der Waals surface area contributed by atoms with E-state index in [1.54, 1.807) is 6.07 Å². The maximum absolute atomic E-state index is 14.5. The molecule has 20 heavy (non-hydrogen) atoms. The fourth-order valence-electron chi connectivity index (χ4n) is 3.35. The van der Waals surface area contributed by atoms with Crippen molar-refractivity contribution in [1.82, 2.24) is 10.3 Å². The predicted molar refractivity (Wildman–Crippen MR) is 82.9 cm³/mol. The Labute approximate surface area is 122 Å². The first-order chi connectivity index (χ1) is 9.33. The molecule has 3 nitrogen and oxygen atoms in total. The van der Waals surface area contributed by atoms with E-state index < -0.39 is 0 Å². The molecule has 0 saturated carbocycles. The van der Waals surface area contributed by atoms with E-state index in [2.05, 4.69) is 24.2 Å². The van der Waals surface area contributed by atoms with Crippen LogP contribution in [-0.2, 0) is 0 Å². The van der Waals surface area contributed by atoms with E-state index in [4.69, 9.17) is 5.84 Å². The molecule has 1 atom stereocenters. The first-order valence-electron chi connectivity index (χ1n) is 7.24. The number of nitrogens with zero attached hydrogens (tertiary/aromatic N) is 1. The summed E-state index contributed by atoms with van der Waals surface area (Å²) in [4.78, 5) is 2.15. The molecule has 1 unspecified atom stereocenters. The van der Waals surface area contributed by atoms with E-state index in [0.717, 1.165) is 24.0 Å². The molecule has 0 saturated heterocycles. The maximum Gasteiger partial charge on any atom is 0.128 e. The second-order valence-electron chi connectivity index (χ2n) is 5.78. The van der Waals surface area contributed by atoms with Gasteiger partial charge in [-0.15, -0.1) is 0 Å². The number of likely N-dealkylation sites (N-methyl/N-ethyl adjacent to an activating group) is 1. The highest BCUT2D eigenvalue weighted by atomic mass is 19.1. The van der Waals surface area contributed by atoms with Gasteiger partial charge in [0.15, 0.2) is 0 Å². The molecule has 114 valence electrons. The van der Waals surface area contributed by atoms with Gasteiger partial charge in [0, 0.05) is 11.1 Å². The van der Waals surface area contributed by atoms with Gasteiger partial charge in [0.2, 0.25) is 0 Å². The summed E-state index contributed by atoms with van der Waals surface area (Å²) in [6.07, 6.45) is 1.77. The fourth-order valence-corrected chi connectivity index (χ4v) is 3.35. The van der Waals surface area contributed by atoms with Crippen LogP contribution in [0.25, 0.3) is 0 Å². The predicted octanol–water partition coefficient (Wildman–Crippen LogP) is 3.07. The third-order valence-corrected chi connectivity index (χ3v) is 4.59. The lowest BCUT2D eigenvalue weighted by Gasteiger charge is -2.45. The normalized spacial score (nSPS) is 13.8. The average molecular weight is 281 g/mol. The third kappa shape index (κ3) is 2.87. The van der Waals surface area contributed by atoms with Gasteiger partial charge < -0.3 is 4.90 Å². The van der Waals surface area contributed by atoms with Crippen molar-refractivity contribution in [2.24, 2.45) is 5.84 Å². The van der Waals surface area contributed by atoms with Crippen molar-refractivity contribution in [3.05, 3.63) is 34.6 Å². The Kier molecular flexibility index (Phi) is 5.68. The van der Waals surface area contributed by atoms with Gasteiger partial charge in [0.1, 0.15) is 5.82 Å². The molecule has 1 rings (SSSR count). The van der Waals surface area contributed by atoms with Crippen molar-refractivity contribution in [1.29, 1.82) is 0 Å². The average Bonchev–Trinajstić information content (AvgIpc) is 2.37. The van der Waals surface area contributed by atoms with Gasteiger partial charge in [0.05, 0.1) is 6.04 Å². The summed E-state index contributed by atoms with van der Waals surface area (Å²) < 4.78 is 14.5. The summed E-state index contributed by atoms with van der Waals surface area (Å²) in [6.45, 7) is 8.09. The number of hydrogen-bond donors (Lipinski definition) is 2. The number of hydrazine groups is 1. The quantitative estimate of drug-likeness (QED) is 0.622. The van der Waals surface area contributed by atoms with Gasteiger partial charge >= 0.3 is 0 Å². The second-order valence-corrected chi connectivity index (χ2v) is 5.78. The molecule has 0 amide bonds. The van der Waals surface area contributed by atoms with Gasteiger partial charge in [-0.1, -0.05) is 19.9 Å². The summed E-state index contributed by atoms with van der Waals surface area (Å²) >= 11 is 0. The van der Waals surface area contributed by atoms with Crippen LogP contribution in [0.5, 0.6) is 0 Å². The Morgan fingerprint density at radius 2 is 1.80 bits per heavy atom. The number of benzene rings is 1. The van der Waals surface area contributed by atoms with Crippen molar-refractivity contribution in [2.75, 3.05) is 14.1 Å². The lowest BCUT2D eigenvalue weighted by molar-refractivity contribution is 0.0862.